The maximum atomic E-state index is 13.6. The Morgan fingerprint density at radius 3 is 2.17 bits per heavy atom. The lowest BCUT2D eigenvalue weighted by Crippen LogP contribution is -2.64. The molecule has 0 unspecified atom stereocenters. The molecule has 4 aromatic rings. The van der Waals surface area contributed by atoms with E-state index in [1.807, 2.05) is 60.7 Å². The van der Waals surface area contributed by atoms with Crippen molar-refractivity contribution in [1.29, 1.82) is 0 Å². The van der Waals surface area contributed by atoms with E-state index < -0.39 is 27.6 Å². The van der Waals surface area contributed by atoms with E-state index >= 15 is 0 Å². The number of hydrogen-bond donors (Lipinski definition) is 1. The molecule has 0 radical (unpaired) electrons. The van der Waals surface area contributed by atoms with Gasteiger partial charge in [0.2, 0.25) is 10.0 Å². The molecule has 7 nitrogen and oxygen atoms in total. The van der Waals surface area contributed by atoms with E-state index in [2.05, 4.69) is 0 Å². The van der Waals surface area contributed by atoms with Crippen molar-refractivity contribution in [3.8, 4) is 5.75 Å². The molecule has 0 amide bonds. The highest BCUT2D eigenvalue weighted by Gasteiger charge is 2.52. The van der Waals surface area contributed by atoms with Gasteiger partial charge in [0.1, 0.15) is 24.2 Å². The molecule has 1 atom stereocenters. The Labute approximate surface area is 233 Å². The average Bonchev–Trinajstić information content (AvgIpc) is 2.95. The minimum atomic E-state index is -3.87. The molecule has 0 bridgehead atoms. The number of carbonyl (C=O) groups is 1. The zero-order chi connectivity index (χ0) is 28.2. The Balaban J connectivity index is 1.28. The largest absolute Gasteiger partial charge is 0.480 e. The molecular weight excluding hydrogens is 531 g/mol. The van der Waals surface area contributed by atoms with E-state index in [9.17, 15) is 17.6 Å². The standard InChI is InChI=1S/C31H29FN2O5S/c32-26-14-16-27(17-15-26)39-31(25-11-5-2-6-12-25)21-34(22-31)40(36,37)28-13-7-10-24(18-28)19-29(33)30(35)38-20-23-8-3-1-4-9-23/h1-18,29H,19-22,33H2/t29-/m0/s1. The van der Waals surface area contributed by atoms with Gasteiger partial charge in [-0.1, -0.05) is 72.8 Å². The number of benzene rings is 4. The molecule has 1 heterocycles. The van der Waals surface area contributed by atoms with Crippen molar-refractivity contribution in [3.05, 3.63) is 132 Å². The van der Waals surface area contributed by atoms with E-state index in [0.29, 0.717) is 11.3 Å². The molecule has 9 heteroatoms. The summed E-state index contributed by atoms with van der Waals surface area (Å²) < 4.78 is 53.5. The Bertz CT molecular complexity index is 1560. The summed E-state index contributed by atoms with van der Waals surface area (Å²) in [5, 5.41) is 0. The van der Waals surface area contributed by atoms with Crippen LogP contribution >= 0.6 is 0 Å². The van der Waals surface area contributed by atoms with Crippen molar-refractivity contribution in [1.82, 2.24) is 4.31 Å². The van der Waals surface area contributed by atoms with Crippen LogP contribution in [0.15, 0.2) is 114 Å². The lowest BCUT2D eigenvalue weighted by Gasteiger charge is -2.48. The summed E-state index contributed by atoms with van der Waals surface area (Å²) in [4.78, 5) is 12.5. The number of halogens is 1. The van der Waals surface area contributed by atoms with Gasteiger partial charge >= 0.3 is 5.97 Å². The second-order valence-electron chi connectivity index (χ2n) is 9.74. The molecule has 2 N–H and O–H groups in total. The molecule has 1 aliphatic heterocycles. The normalized spacial score (nSPS) is 15.6. The summed E-state index contributed by atoms with van der Waals surface area (Å²) in [6.45, 7) is 0.262. The number of carbonyl (C=O) groups excluding carboxylic acids is 1. The molecule has 0 saturated carbocycles. The number of sulfonamides is 1. The van der Waals surface area contributed by atoms with Crippen molar-refractivity contribution in [2.75, 3.05) is 13.1 Å². The van der Waals surface area contributed by atoms with Crippen LogP contribution in [0.25, 0.3) is 0 Å². The van der Waals surface area contributed by atoms with Crippen LogP contribution in [0.4, 0.5) is 4.39 Å². The van der Waals surface area contributed by atoms with E-state index in [1.54, 1.807) is 12.1 Å². The fourth-order valence-corrected chi connectivity index (χ4v) is 6.23. The third kappa shape index (κ3) is 6.07. The number of rotatable bonds is 10. The number of hydrogen-bond acceptors (Lipinski definition) is 6. The Hall–Kier alpha value is -4.05. The quantitative estimate of drug-likeness (QED) is 0.289. The third-order valence-electron chi connectivity index (χ3n) is 6.81. The van der Waals surface area contributed by atoms with Gasteiger partial charge in [-0.3, -0.25) is 4.79 Å². The summed E-state index contributed by atoms with van der Waals surface area (Å²) in [5.74, 6) is -0.508. The highest BCUT2D eigenvalue weighted by molar-refractivity contribution is 7.89. The van der Waals surface area contributed by atoms with Crippen molar-refractivity contribution in [3.63, 3.8) is 0 Å². The van der Waals surface area contributed by atoms with Gasteiger partial charge in [-0.15, -0.1) is 0 Å². The SMILES string of the molecule is N[C@@H](Cc1cccc(S(=O)(=O)N2CC(Oc3ccc(F)cc3)(c3ccccc3)C2)c1)C(=O)OCc1ccccc1. The van der Waals surface area contributed by atoms with Gasteiger partial charge < -0.3 is 15.2 Å². The Morgan fingerprint density at radius 1 is 0.875 bits per heavy atom. The molecule has 0 aromatic heterocycles. The molecule has 206 valence electrons. The minimum Gasteiger partial charge on any atom is -0.480 e. The minimum absolute atomic E-state index is 0.0757. The first kappa shape index (κ1) is 27.5. The van der Waals surface area contributed by atoms with Crippen LogP contribution in [0.2, 0.25) is 0 Å². The van der Waals surface area contributed by atoms with Gasteiger partial charge in [0, 0.05) is 0 Å². The predicted octanol–water partition coefficient (Wildman–Crippen LogP) is 4.42. The van der Waals surface area contributed by atoms with E-state index in [4.69, 9.17) is 15.2 Å². The van der Waals surface area contributed by atoms with Gasteiger partial charge in [0.25, 0.3) is 0 Å². The van der Waals surface area contributed by atoms with Gasteiger partial charge in [-0.05, 0) is 59.5 Å². The lowest BCUT2D eigenvalue weighted by atomic mass is 9.87. The molecule has 0 aliphatic carbocycles. The van der Waals surface area contributed by atoms with Crippen LogP contribution in [-0.2, 0) is 38.2 Å². The first-order valence-corrected chi connectivity index (χ1v) is 14.2. The number of ether oxygens (including phenoxy) is 2. The molecule has 1 saturated heterocycles. The van der Waals surface area contributed by atoms with E-state index in [-0.39, 0.29) is 36.8 Å². The Kier molecular flexibility index (Phi) is 7.97. The second kappa shape index (κ2) is 11.6. The zero-order valence-corrected chi connectivity index (χ0v) is 22.5. The van der Waals surface area contributed by atoms with Crippen LogP contribution in [-0.4, -0.2) is 37.8 Å². The summed E-state index contributed by atoms with van der Waals surface area (Å²) in [5.41, 5.74) is 7.42. The summed E-state index contributed by atoms with van der Waals surface area (Å²) in [6.07, 6.45) is 0.124. The van der Waals surface area contributed by atoms with Crippen molar-refractivity contribution in [2.45, 2.75) is 29.6 Å². The van der Waals surface area contributed by atoms with Crippen LogP contribution in [0.3, 0.4) is 0 Å². The van der Waals surface area contributed by atoms with Crippen LogP contribution in [0.5, 0.6) is 5.75 Å². The molecule has 40 heavy (non-hydrogen) atoms. The summed E-state index contributed by atoms with van der Waals surface area (Å²) in [6, 6.07) is 29.7. The monoisotopic (exact) mass is 560 g/mol. The van der Waals surface area contributed by atoms with Gasteiger partial charge in [0.05, 0.1) is 18.0 Å². The zero-order valence-electron chi connectivity index (χ0n) is 21.7. The molecular formula is C31H29FN2O5S. The number of nitrogens with zero attached hydrogens (tertiary/aromatic N) is 1. The fourth-order valence-electron chi connectivity index (χ4n) is 4.62. The third-order valence-corrected chi connectivity index (χ3v) is 8.60. The topological polar surface area (TPSA) is 98.9 Å². The highest BCUT2D eigenvalue weighted by Crippen LogP contribution is 2.40. The van der Waals surface area contributed by atoms with Crippen LogP contribution in [0.1, 0.15) is 16.7 Å². The summed E-state index contributed by atoms with van der Waals surface area (Å²) >= 11 is 0. The molecule has 0 spiro atoms. The van der Waals surface area contributed by atoms with Crippen molar-refractivity contribution in [2.24, 2.45) is 5.73 Å². The molecule has 4 aromatic carbocycles. The molecule has 1 aliphatic rings. The van der Waals surface area contributed by atoms with Crippen LogP contribution in [0, 0.1) is 5.82 Å². The molecule has 5 rings (SSSR count). The van der Waals surface area contributed by atoms with E-state index in [1.165, 1.54) is 40.7 Å². The average molecular weight is 561 g/mol. The van der Waals surface area contributed by atoms with Gasteiger partial charge in [0.15, 0.2) is 5.60 Å². The predicted molar refractivity (Wildman–Crippen MR) is 148 cm³/mol. The smallest absolute Gasteiger partial charge is 0.323 e. The number of esters is 1. The second-order valence-corrected chi connectivity index (χ2v) is 11.7. The maximum absolute atomic E-state index is 13.6. The van der Waals surface area contributed by atoms with E-state index in [0.717, 1.165) is 11.1 Å². The maximum Gasteiger partial charge on any atom is 0.323 e. The fraction of sp³-hybridized carbons (Fsp3) is 0.194. The van der Waals surface area contributed by atoms with Crippen molar-refractivity contribution < 1.29 is 27.1 Å². The lowest BCUT2D eigenvalue weighted by molar-refractivity contribution is -0.146. The van der Waals surface area contributed by atoms with Crippen molar-refractivity contribution >= 4 is 16.0 Å². The highest BCUT2D eigenvalue weighted by atomic mass is 32.2. The summed E-state index contributed by atoms with van der Waals surface area (Å²) in [7, 11) is -3.87. The Morgan fingerprint density at radius 2 is 1.50 bits per heavy atom. The van der Waals surface area contributed by atoms with Gasteiger partial charge in [-0.25, -0.2) is 12.8 Å². The molecule has 1 fully saturated rings. The first-order chi connectivity index (χ1) is 19.2. The first-order valence-electron chi connectivity index (χ1n) is 12.8. The van der Waals surface area contributed by atoms with Crippen LogP contribution < -0.4 is 10.5 Å². The number of nitrogens with two attached hydrogens (primary N) is 1. The van der Waals surface area contributed by atoms with Gasteiger partial charge in [-0.2, -0.15) is 4.31 Å².